The number of nitrogens with one attached hydrogen (secondary N) is 1. The van der Waals surface area contributed by atoms with E-state index in [0.717, 1.165) is 64.2 Å². The highest BCUT2D eigenvalue weighted by molar-refractivity contribution is 6.00. The number of ether oxygens (including phenoxy) is 2. The molecule has 7 nitrogen and oxygen atoms in total. The number of nitrogens with two attached hydrogens (primary N) is 1. The molecule has 3 N–H and O–H groups in total. The van der Waals surface area contributed by atoms with Crippen LogP contribution < -0.4 is 25.4 Å². The number of piperidine rings is 1. The highest BCUT2D eigenvalue weighted by Gasteiger charge is 2.21. The molecule has 2 aromatic carbocycles. The Morgan fingerprint density at radius 1 is 1.03 bits per heavy atom. The van der Waals surface area contributed by atoms with Crippen LogP contribution in [0.4, 0.5) is 17.3 Å². The molecule has 5 rings (SSSR count). The Hall–Kier alpha value is -3.22. The molecule has 1 aromatic heterocycles. The van der Waals surface area contributed by atoms with E-state index in [2.05, 4.69) is 33.4 Å². The van der Waals surface area contributed by atoms with Gasteiger partial charge in [-0.15, -0.1) is 10.2 Å². The van der Waals surface area contributed by atoms with Crippen LogP contribution in [0.3, 0.4) is 0 Å². The Bertz CT molecular complexity index is 1050. The quantitative estimate of drug-likeness (QED) is 0.655. The van der Waals surface area contributed by atoms with Crippen molar-refractivity contribution in [1.29, 1.82) is 0 Å². The van der Waals surface area contributed by atoms with Gasteiger partial charge in [-0.2, -0.15) is 0 Å². The minimum atomic E-state index is 0.276. The van der Waals surface area contributed by atoms with Crippen molar-refractivity contribution < 1.29 is 9.47 Å². The molecule has 7 heteroatoms. The van der Waals surface area contributed by atoms with E-state index in [9.17, 15) is 0 Å². The lowest BCUT2D eigenvalue weighted by Crippen LogP contribution is -2.33. The molecule has 0 aliphatic carbocycles. The highest BCUT2D eigenvalue weighted by Crippen LogP contribution is 2.34. The molecule has 1 saturated heterocycles. The first kappa shape index (κ1) is 17.8. The van der Waals surface area contributed by atoms with Crippen molar-refractivity contribution in [2.75, 3.05) is 35.8 Å². The molecule has 29 heavy (non-hydrogen) atoms. The summed E-state index contributed by atoms with van der Waals surface area (Å²) in [7, 11) is 0. The van der Waals surface area contributed by atoms with Crippen molar-refractivity contribution >= 4 is 28.1 Å². The normalized spacial score (nSPS) is 16.4. The summed E-state index contributed by atoms with van der Waals surface area (Å²) in [5.41, 5.74) is 7.89. The van der Waals surface area contributed by atoms with Crippen LogP contribution in [0.2, 0.25) is 0 Å². The zero-order chi connectivity index (χ0) is 19.8. The lowest BCUT2D eigenvalue weighted by molar-refractivity contribution is 0.174. The second-order valence-corrected chi connectivity index (χ2v) is 7.89. The van der Waals surface area contributed by atoms with E-state index < -0.39 is 0 Å². The summed E-state index contributed by atoms with van der Waals surface area (Å²) in [5.74, 6) is 4.01. The Labute approximate surface area is 169 Å². The standard InChI is InChI=1S/C22H25N5O2/c1-14-6-8-27(9-7-14)22-17-4-3-16(23)11-18(17)21(25-26-22)24-12-15-2-5-19-20(10-15)29-13-28-19/h2-5,10-11,14H,6-9,12-13,23H2,1H3,(H,24,25). The van der Waals surface area contributed by atoms with Gasteiger partial charge in [-0.05, 0) is 54.7 Å². The fraction of sp³-hybridized carbons (Fsp3) is 0.364. The zero-order valence-electron chi connectivity index (χ0n) is 16.5. The Morgan fingerprint density at radius 2 is 1.86 bits per heavy atom. The molecule has 150 valence electrons. The summed E-state index contributed by atoms with van der Waals surface area (Å²) >= 11 is 0. The van der Waals surface area contributed by atoms with Gasteiger partial charge in [0.2, 0.25) is 6.79 Å². The Kier molecular flexibility index (Phi) is 4.50. The molecule has 2 aliphatic rings. The monoisotopic (exact) mass is 391 g/mol. The van der Waals surface area contributed by atoms with Crippen LogP contribution in [0.1, 0.15) is 25.3 Å². The van der Waals surface area contributed by atoms with Crippen molar-refractivity contribution in [3.05, 3.63) is 42.0 Å². The molecule has 3 aromatic rings. The van der Waals surface area contributed by atoms with Crippen molar-refractivity contribution in [1.82, 2.24) is 10.2 Å². The van der Waals surface area contributed by atoms with Crippen LogP contribution in [0.25, 0.3) is 10.8 Å². The first-order chi connectivity index (χ1) is 14.2. The molecule has 0 spiro atoms. The van der Waals surface area contributed by atoms with Crippen LogP contribution in [0.15, 0.2) is 36.4 Å². The number of benzene rings is 2. The predicted molar refractivity (Wildman–Crippen MR) is 114 cm³/mol. The molecule has 0 atom stereocenters. The first-order valence-electron chi connectivity index (χ1n) is 10.1. The van der Waals surface area contributed by atoms with Gasteiger partial charge in [-0.1, -0.05) is 13.0 Å². The van der Waals surface area contributed by atoms with E-state index in [4.69, 9.17) is 15.2 Å². The second-order valence-electron chi connectivity index (χ2n) is 7.89. The third-order valence-corrected chi connectivity index (χ3v) is 5.76. The lowest BCUT2D eigenvalue weighted by Gasteiger charge is -2.31. The molecule has 0 bridgehead atoms. The van der Waals surface area contributed by atoms with Gasteiger partial charge >= 0.3 is 0 Å². The first-order valence-corrected chi connectivity index (χ1v) is 10.1. The van der Waals surface area contributed by atoms with Crippen molar-refractivity contribution in [2.24, 2.45) is 5.92 Å². The molecule has 0 amide bonds. The molecule has 3 heterocycles. The summed E-state index contributed by atoms with van der Waals surface area (Å²) in [4.78, 5) is 2.34. The highest BCUT2D eigenvalue weighted by atomic mass is 16.7. The van der Waals surface area contributed by atoms with Gasteiger partial charge in [0.05, 0.1) is 0 Å². The van der Waals surface area contributed by atoms with Gasteiger partial charge in [0.25, 0.3) is 0 Å². The second kappa shape index (κ2) is 7.31. The van der Waals surface area contributed by atoms with Crippen LogP contribution in [-0.4, -0.2) is 30.1 Å². The van der Waals surface area contributed by atoms with E-state index in [1.165, 1.54) is 12.8 Å². The minimum absolute atomic E-state index is 0.276. The van der Waals surface area contributed by atoms with Crippen molar-refractivity contribution in [3.8, 4) is 11.5 Å². The van der Waals surface area contributed by atoms with Gasteiger partial charge < -0.3 is 25.4 Å². The maximum absolute atomic E-state index is 6.09. The van der Waals surface area contributed by atoms with Gasteiger partial charge in [-0.25, -0.2) is 0 Å². The molecule has 2 aliphatic heterocycles. The van der Waals surface area contributed by atoms with E-state index >= 15 is 0 Å². The van der Waals surface area contributed by atoms with Gasteiger partial charge in [-0.3, -0.25) is 0 Å². The average molecular weight is 391 g/mol. The summed E-state index contributed by atoms with van der Waals surface area (Å²) in [5, 5.41) is 14.6. The minimum Gasteiger partial charge on any atom is -0.454 e. The summed E-state index contributed by atoms with van der Waals surface area (Å²) in [6.45, 7) is 5.22. The fourth-order valence-electron chi connectivity index (χ4n) is 3.98. The van der Waals surface area contributed by atoms with Crippen LogP contribution in [0.5, 0.6) is 11.5 Å². The summed E-state index contributed by atoms with van der Waals surface area (Å²) in [6.07, 6.45) is 2.37. The maximum Gasteiger partial charge on any atom is 0.231 e. The number of hydrogen-bond donors (Lipinski definition) is 2. The lowest BCUT2D eigenvalue weighted by atomic mass is 9.99. The number of nitrogen functional groups attached to an aromatic ring is 1. The van der Waals surface area contributed by atoms with E-state index in [0.29, 0.717) is 6.54 Å². The third-order valence-electron chi connectivity index (χ3n) is 5.76. The van der Waals surface area contributed by atoms with E-state index in [1.54, 1.807) is 0 Å². The van der Waals surface area contributed by atoms with Gasteiger partial charge in [0.15, 0.2) is 23.1 Å². The third kappa shape index (κ3) is 3.48. The molecular formula is C22H25N5O2. The molecule has 0 unspecified atom stereocenters. The Morgan fingerprint density at radius 3 is 2.72 bits per heavy atom. The number of fused-ring (bicyclic) bond motifs is 2. The zero-order valence-corrected chi connectivity index (χ0v) is 16.5. The number of hydrogen-bond acceptors (Lipinski definition) is 7. The van der Waals surface area contributed by atoms with Crippen LogP contribution in [-0.2, 0) is 6.54 Å². The van der Waals surface area contributed by atoms with E-state index in [-0.39, 0.29) is 6.79 Å². The van der Waals surface area contributed by atoms with Crippen LogP contribution >= 0.6 is 0 Å². The fourth-order valence-corrected chi connectivity index (χ4v) is 3.98. The van der Waals surface area contributed by atoms with Crippen molar-refractivity contribution in [2.45, 2.75) is 26.3 Å². The van der Waals surface area contributed by atoms with Gasteiger partial charge in [0.1, 0.15) is 0 Å². The number of anilines is 3. The summed E-state index contributed by atoms with van der Waals surface area (Å²) < 4.78 is 10.8. The van der Waals surface area contributed by atoms with Crippen molar-refractivity contribution in [3.63, 3.8) is 0 Å². The number of rotatable bonds is 4. The van der Waals surface area contributed by atoms with Gasteiger partial charge in [0, 0.05) is 36.1 Å². The van der Waals surface area contributed by atoms with E-state index in [1.807, 2.05) is 30.3 Å². The molecule has 1 fully saturated rings. The predicted octanol–water partition coefficient (Wildman–Crippen LogP) is 3.79. The topological polar surface area (TPSA) is 85.5 Å². The SMILES string of the molecule is CC1CCN(c2nnc(NCc3ccc4c(c3)OCO4)c3cc(N)ccc23)CC1. The Balaban J connectivity index is 1.43. The molecule has 0 radical (unpaired) electrons. The largest absolute Gasteiger partial charge is 0.454 e. The summed E-state index contributed by atoms with van der Waals surface area (Å²) in [6, 6.07) is 11.9. The van der Waals surface area contributed by atoms with Crippen LogP contribution in [0, 0.1) is 5.92 Å². The number of aromatic nitrogens is 2. The maximum atomic E-state index is 6.09. The average Bonchev–Trinajstić information content (AvgIpc) is 3.20. The molecule has 0 saturated carbocycles. The number of nitrogens with zero attached hydrogens (tertiary/aromatic N) is 3. The molecular weight excluding hydrogens is 366 g/mol. The smallest absolute Gasteiger partial charge is 0.231 e.